The molecule has 5 heteroatoms. The number of hydrogen-bond donors (Lipinski definition) is 2. The van der Waals surface area contributed by atoms with E-state index in [1.807, 2.05) is 54.6 Å². The van der Waals surface area contributed by atoms with Gasteiger partial charge in [0.05, 0.1) is 0 Å². The fraction of sp³-hybridized carbons (Fsp3) is 0.316. The number of aliphatic imine (C=N–C) groups is 1. The van der Waals surface area contributed by atoms with Crippen molar-refractivity contribution in [1.29, 1.82) is 0 Å². The van der Waals surface area contributed by atoms with Crippen molar-refractivity contribution in [3.05, 3.63) is 54.6 Å². The van der Waals surface area contributed by atoms with Gasteiger partial charge in [-0.05, 0) is 43.5 Å². The van der Waals surface area contributed by atoms with Gasteiger partial charge in [0.2, 0.25) is 0 Å². The van der Waals surface area contributed by atoms with Gasteiger partial charge in [-0.2, -0.15) is 0 Å². The SMILES string of the molecule is COCCCCCN=C(N)Nc1cccc(Oc2ccccc2)c1. The molecular formula is C19H25N3O2. The van der Waals surface area contributed by atoms with E-state index in [1.165, 1.54) is 0 Å². The first-order chi connectivity index (χ1) is 11.8. The zero-order valence-corrected chi connectivity index (χ0v) is 14.1. The van der Waals surface area contributed by atoms with Gasteiger partial charge in [-0.1, -0.05) is 24.3 Å². The highest BCUT2D eigenvalue weighted by molar-refractivity contribution is 5.92. The molecule has 5 nitrogen and oxygen atoms in total. The van der Waals surface area contributed by atoms with Crippen LogP contribution in [0, 0.1) is 0 Å². The molecule has 0 amide bonds. The summed E-state index contributed by atoms with van der Waals surface area (Å²) < 4.78 is 10.8. The molecule has 0 atom stereocenters. The lowest BCUT2D eigenvalue weighted by Gasteiger charge is -2.09. The first-order valence-corrected chi connectivity index (χ1v) is 8.17. The third kappa shape index (κ3) is 6.71. The Kier molecular flexibility index (Phi) is 7.63. The summed E-state index contributed by atoms with van der Waals surface area (Å²) in [7, 11) is 1.72. The molecule has 0 unspecified atom stereocenters. The summed E-state index contributed by atoms with van der Waals surface area (Å²) in [5.41, 5.74) is 6.77. The van der Waals surface area contributed by atoms with E-state index in [9.17, 15) is 0 Å². The molecule has 0 aliphatic carbocycles. The maximum absolute atomic E-state index is 5.92. The van der Waals surface area contributed by atoms with Gasteiger partial charge < -0.3 is 20.5 Å². The van der Waals surface area contributed by atoms with E-state index in [0.29, 0.717) is 12.5 Å². The Hall–Kier alpha value is -2.53. The summed E-state index contributed by atoms with van der Waals surface area (Å²) in [5, 5.41) is 3.09. The van der Waals surface area contributed by atoms with E-state index in [0.717, 1.165) is 43.1 Å². The van der Waals surface area contributed by atoms with Crippen molar-refractivity contribution < 1.29 is 9.47 Å². The number of unbranched alkanes of at least 4 members (excludes halogenated alkanes) is 2. The van der Waals surface area contributed by atoms with Gasteiger partial charge in [0, 0.05) is 32.0 Å². The molecule has 24 heavy (non-hydrogen) atoms. The van der Waals surface area contributed by atoms with Crippen molar-refractivity contribution in [2.24, 2.45) is 10.7 Å². The summed E-state index contributed by atoms with van der Waals surface area (Å²) >= 11 is 0. The number of para-hydroxylation sites is 1. The van der Waals surface area contributed by atoms with Crippen LogP contribution in [0.25, 0.3) is 0 Å². The van der Waals surface area contributed by atoms with Gasteiger partial charge in [0.25, 0.3) is 0 Å². The average molecular weight is 327 g/mol. The second-order valence-electron chi connectivity index (χ2n) is 5.39. The van der Waals surface area contributed by atoms with Crippen LogP contribution in [0.2, 0.25) is 0 Å². The van der Waals surface area contributed by atoms with Crippen LogP contribution in [-0.4, -0.2) is 26.2 Å². The zero-order chi connectivity index (χ0) is 17.0. The average Bonchev–Trinajstić information content (AvgIpc) is 2.59. The quantitative estimate of drug-likeness (QED) is 0.414. The molecule has 2 aromatic carbocycles. The van der Waals surface area contributed by atoms with Crippen LogP contribution in [0.1, 0.15) is 19.3 Å². The summed E-state index contributed by atoms with van der Waals surface area (Å²) in [6.07, 6.45) is 3.14. The van der Waals surface area contributed by atoms with E-state index in [4.69, 9.17) is 15.2 Å². The molecule has 2 rings (SSSR count). The van der Waals surface area contributed by atoms with E-state index >= 15 is 0 Å². The Bertz CT molecular complexity index is 630. The summed E-state index contributed by atoms with van der Waals surface area (Å²) in [6, 6.07) is 17.3. The lowest BCUT2D eigenvalue weighted by atomic mass is 10.2. The largest absolute Gasteiger partial charge is 0.457 e. The molecule has 0 heterocycles. The van der Waals surface area contributed by atoms with Gasteiger partial charge in [0.15, 0.2) is 5.96 Å². The Morgan fingerprint density at radius 1 is 1.00 bits per heavy atom. The van der Waals surface area contributed by atoms with Crippen LogP contribution in [-0.2, 0) is 4.74 Å². The molecule has 0 bridgehead atoms. The molecule has 0 saturated heterocycles. The molecule has 0 aliphatic rings. The Morgan fingerprint density at radius 2 is 1.79 bits per heavy atom. The number of hydrogen-bond acceptors (Lipinski definition) is 3. The number of rotatable bonds is 9. The fourth-order valence-electron chi connectivity index (χ4n) is 2.18. The van der Waals surface area contributed by atoms with Crippen molar-refractivity contribution in [1.82, 2.24) is 0 Å². The number of benzene rings is 2. The molecule has 0 radical (unpaired) electrons. The third-order valence-electron chi connectivity index (χ3n) is 3.37. The molecule has 0 saturated carbocycles. The second-order valence-corrected chi connectivity index (χ2v) is 5.39. The van der Waals surface area contributed by atoms with Crippen molar-refractivity contribution >= 4 is 11.6 Å². The Labute approximate surface area is 143 Å². The van der Waals surface area contributed by atoms with Gasteiger partial charge >= 0.3 is 0 Å². The van der Waals surface area contributed by atoms with Crippen molar-refractivity contribution in [2.75, 3.05) is 25.6 Å². The highest BCUT2D eigenvalue weighted by Crippen LogP contribution is 2.23. The second kappa shape index (κ2) is 10.3. The molecule has 0 fully saturated rings. The minimum atomic E-state index is 0.415. The van der Waals surface area contributed by atoms with Crippen LogP contribution in [0.15, 0.2) is 59.6 Å². The van der Waals surface area contributed by atoms with Crippen LogP contribution in [0.4, 0.5) is 5.69 Å². The van der Waals surface area contributed by atoms with E-state index in [2.05, 4.69) is 10.3 Å². The van der Waals surface area contributed by atoms with Gasteiger partial charge in [-0.15, -0.1) is 0 Å². The Balaban J connectivity index is 1.82. The monoisotopic (exact) mass is 327 g/mol. The molecule has 2 aromatic rings. The molecule has 0 spiro atoms. The smallest absolute Gasteiger partial charge is 0.193 e. The van der Waals surface area contributed by atoms with Crippen molar-refractivity contribution in [3.8, 4) is 11.5 Å². The standard InChI is InChI=1S/C19H25N3O2/c1-23-14-7-3-6-13-21-19(20)22-16-9-8-12-18(15-16)24-17-10-4-2-5-11-17/h2,4-5,8-12,15H,3,6-7,13-14H2,1H3,(H3,20,21,22). The topological polar surface area (TPSA) is 68.9 Å². The summed E-state index contributed by atoms with van der Waals surface area (Å²) in [6.45, 7) is 1.51. The van der Waals surface area contributed by atoms with Crippen LogP contribution >= 0.6 is 0 Å². The maximum atomic E-state index is 5.92. The predicted octanol–water partition coefficient (Wildman–Crippen LogP) is 4.02. The number of methoxy groups -OCH3 is 1. The van der Waals surface area contributed by atoms with E-state index < -0.39 is 0 Å². The highest BCUT2D eigenvalue weighted by atomic mass is 16.5. The minimum Gasteiger partial charge on any atom is -0.457 e. The first-order valence-electron chi connectivity index (χ1n) is 8.17. The molecule has 0 aliphatic heterocycles. The Morgan fingerprint density at radius 3 is 2.58 bits per heavy atom. The highest BCUT2D eigenvalue weighted by Gasteiger charge is 2.00. The lowest BCUT2D eigenvalue weighted by Crippen LogP contribution is -2.22. The molecule has 128 valence electrons. The van der Waals surface area contributed by atoms with Crippen LogP contribution < -0.4 is 15.8 Å². The molecule has 3 N–H and O–H groups in total. The van der Waals surface area contributed by atoms with E-state index in [-0.39, 0.29) is 0 Å². The number of anilines is 1. The minimum absolute atomic E-state index is 0.415. The lowest BCUT2D eigenvalue weighted by molar-refractivity contribution is 0.192. The van der Waals surface area contributed by atoms with E-state index in [1.54, 1.807) is 7.11 Å². The number of nitrogens with two attached hydrogens (primary N) is 1. The number of nitrogens with one attached hydrogen (secondary N) is 1. The van der Waals surface area contributed by atoms with Crippen LogP contribution in [0.3, 0.4) is 0 Å². The predicted molar refractivity (Wildman–Crippen MR) is 98.8 cm³/mol. The number of ether oxygens (including phenoxy) is 2. The number of nitrogens with zero attached hydrogens (tertiary/aromatic N) is 1. The summed E-state index contributed by atoms with van der Waals surface area (Å²) in [4.78, 5) is 4.33. The third-order valence-corrected chi connectivity index (χ3v) is 3.37. The van der Waals surface area contributed by atoms with Gasteiger partial charge in [-0.25, -0.2) is 0 Å². The first kappa shape index (κ1) is 17.8. The maximum Gasteiger partial charge on any atom is 0.193 e. The normalized spacial score (nSPS) is 11.3. The van der Waals surface area contributed by atoms with Crippen molar-refractivity contribution in [3.63, 3.8) is 0 Å². The van der Waals surface area contributed by atoms with Gasteiger partial charge in [0.1, 0.15) is 11.5 Å². The van der Waals surface area contributed by atoms with Crippen LogP contribution in [0.5, 0.6) is 11.5 Å². The summed E-state index contributed by atoms with van der Waals surface area (Å²) in [5.74, 6) is 1.96. The number of guanidine groups is 1. The van der Waals surface area contributed by atoms with Gasteiger partial charge in [-0.3, -0.25) is 4.99 Å². The fourth-order valence-corrected chi connectivity index (χ4v) is 2.18. The molecule has 0 aromatic heterocycles. The zero-order valence-electron chi connectivity index (χ0n) is 14.1. The molecular weight excluding hydrogens is 302 g/mol. The van der Waals surface area contributed by atoms with Crippen molar-refractivity contribution in [2.45, 2.75) is 19.3 Å².